The molecule has 9 unspecified atom stereocenters. The second-order valence-electron chi connectivity index (χ2n) is 10.5. The fourth-order valence-electron chi connectivity index (χ4n) is 6.15. The van der Waals surface area contributed by atoms with E-state index in [1.54, 1.807) is 0 Å². The van der Waals surface area contributed by atoms with Crippen LogP contribution in [0.3, 0.4) is 0 Å². The first-order valence-electron chi connectivity index (χ1n) is 10.9. The zero-order valence-electron chi connectivity index (χ0n) is 19.2. The molecule has 0 aromatic carbocycles. The highest BCUT2D eigenvalue weighted by molar-refractivity contribution is 5.89. The third-order valence-electron chi connectivity index (χ3n) is 7.88. The molecule has 1 saturated carbocycles. The summed E-state index contributed by atoms with van der Waals surface area (Å²) in [4.78, 5) is 25.4. The molecular weight excluding hydrogens is 404 g/mol. The van der Waals surface area contributed by atoms with Crippen LogP contribution in [0.4, 0.5) is 0 Å². The van der Waals surface area contributed by atoms with Gasteiger partial charge in [-0.15, -0.1) is 0 Å². The number of esters is 1. The molecule has 2 fully saturated rings. The predicted octanol–water partition coefficient (Wildman–Crippen LogP) is 0.738. The van der Waals surface area contributed by atoms with Crippen LogP contribution in [0.25, 0.3) is 0 Å². The van der Waals surface area contributed by atoms with Crippen molar-refractivity contribution in [3.63, 3.8) is 0 Å². The molecule has 1 heterocycles. The first-order chi connectivity index (χ1) is 14.2. The topological polar surface area (TPSA) is 134 Å². The molecule has 0 aromatic heterocycles. The van der Waals surface area contributed by atoms with Crippen LogP contribution in [0.1, 0.15) is 54.4 Å². The minimum absolute atomic E-state index is 0.0322. The van der Waals surface area contributed by atoms with Gasteiger partial charge in [-0.1, -0.05) is 19.9 Å². The minimum atomic E-state index is -1.58. The lowest BCUT2D eigenvalue weighted by molar-refractivity contribution is -0.332. The Bertz CT molecular complexity index is 774. The number of ketones is 1. The third-order valence-corrected chi connectivity index (χ3v) is 7.88. The highest BCUT2D eigenvalue weighted by Crippen LogP contribution is 2.58. The van der Waals surface area contributed by atoms with Gasteiger partial charge in [0.05, 0.1) is 30.3 Å². The number of carbonyl (C=O) groups is 2. The maximum atomic E-state index is 13.2. The van der Waals surface area contributed by atoms with E-state index >= 15 is 0 Å². The Morgan fingerprint density at radius 3 is 2.32 bits per heavy atom. The average molecular weight is 441 g/mol. The summed E-state index contributed by atoms with van der Waals surface area (Å²) in [7, 11) is 0. The van der Waals surface area contributed by atoms with Crippen LogP contribution in [0.2, 0.25) is 0 Å². The molecular formula is C23H36O8. The molecule has 0 amide bonds. The highest BCUT2D eigenvalue weighted by atomic mass is 16.6. The summed E-state index contributed by atoms with van der Waals surface area (Å²) in [6.07, 6.45) is -2.84. The first kappa shape index (κ1) is 24.3. The lowest BCUT2D eigenvalue weighted by Gasteiger charge is -2.63. The largest absolute Gasteiger partial charge is 0.462 e. The molecule has 0 bridgehead atoms. The van der Waals surface area contributed by atoms with Gasteiger partial charge in [-0.05, 0) is 38.2 Å². The number of ether oxygens (including phenoxy) is 2. The highest BCUT2D eigenvalue weighted by Gasteiger charge is 2.71. The number of rotatable bonds is 5. The van der Waals surface area contributed by atoms with E-state index in [4.69, 9.17) is 9.47 Å². The van der Waals surface area contributed by atoms with Gasteiger partial charge in [0.25, 0.3) is 0 Å². The summed E-state index contributed by atoms with van der Waals surface area (Å²) in [5.74, 6) is -2.69. The Labute approximate surface area is 183 Å². The summed E-state index contributed by atoms with van der Waals surface area (Å²) in [6, 6.07) is 0. The lowest BCUT2D eigenvalue weighted by Crippen LogP contribution is -2.77. The number of allylic oxidation sites excluding steroid dienone is 1. The van der Waals surface area contributed by atoms with Gasteiger partial charge in [0.1, 0.15) is 17.8 Å². The molecule has 9 atom stereocenters. The quantitative estimate of drug-likeness (QED) is 0.363. The number of carbonyl (C=O) groups excluding carboxylic acids is 2. The minimum Gasteiger partial charge on any atom is -0.462 e. The normalized spacial score (nSPS) is 43.7. The monoisotopic (exact) mass is 440 g/mol. The summed E-state index contributed by atoms with van der Waals surface area (Å²) in [5, 5.41) is 43.4. The molecule has 1 saturated heterocycles. The third kappa shape index (κ3) is 3.76. The molecule has 31 heavy (non-hydrogen) atoms. The smallest absolute Gasteiger partial charge is 0.302 e. The number of hydrogen-bond acceptors (Lipinski definition) is 8. The maximum Gasteiger partial charge on any atom is 0.302 e. The van der Waals surface area contributed by atoms with Crippen LogP contribution < -0.4 is 0 Å². The van der Waals surface area contributed by atoms with Crippen molar-refractivity contribution < 1.29 is 39.5 Å². The van der Waals surface area contributed by atoms with Crippen LogP contribution in [0.15, 0.2) is 11.6 Å². The Morgan fingerprint density at radius 1 is 1.23 bits per heavy atom. The summed E-state index contributed by atoms with van der Waals surface area (Å²) in [6.45, 7) is 9.77. The molecule has 176 valence electrons. The Hall–Kier alpha value is -1.32. The van der Waals surface area contributed by atoms with Crippen molar-refractivity contribution in [3.8, 4) is 0 Å². The van der Waals surface area contributed by atoms with Crippen molar-refractivity contribution in [2.24, 2.45) is 22.7 Å². The fourth-order valence-corrected chi connectivity index (χ4v) is 6.15. The molecule has 0 spiro atoms. The van der Waals surface area contributed by atoms with Gasteiger partial charge >= 0.3 is 5.97 Å². The standard InChI is InChI=1S/C23H36O8/c1-11-9-21(4,5)14(7-15(11)26)18(31-13(3)25)19-22(6,20(28)12(2)24)16(27)8-17-23(19,29)10-30-17/h9,12,14-19,24,26-27,29H,7-8,10H2,1-6H3. The average Bonchev–Trinajstić information content (AvgIpc) is 2.64. The molecule has 8 heteroatoms. The van der Waals surface area contributed by atoms with Gasteiger partial charge in [-0.3, -0.25) is 9.59 Å². The van der Waals surface area contributed by atoms with E-state index in [2.05, 4.69) is 0 Å². The van der Waals surface area contributed by atoms with E-state index in [1.807, 2.05) is 26.8 Å². The van der Waals surface area contributed by atoms with Crippen molar-refractivity contribution in [1.29, 1.82) is 0 Å². The Balaban J connectivity index is 2.19. The SMILES string of the molecule is CC(=O)OC(C1CC(O)C(C)=CC1(C)C)C1C2(O)COC2CC(O)C1(C)C(=O)C(C)O. The van der Waals surface area contributed by atoms with Crippen LogP contribution in [0, 0.1) is 22.7 Å². The van der Waals surface area contributed by atoms with Crippen LogP contribution in [-0.2, 0) is 19.1 Å². The van der Waals surface area contributed by atoms with E-state index in [-0.39, 0.29) is 19.4 Å². The van der Waals surface area contributed by atoms with E-state index in [9.17, 15) is 30.0 Å². The van der Waals surface area contributed by atoms with E-state index in [1.165, 1.54) is 20.8 Å². The zero-order chi connectivity index (χ0) is 23.5. The second kappa shape index (κ2) is 7.92. The molecule has 4 N–H and O–H groups in total. The van der Waals surface area contributed by atoms with Gasteiger partial charge in [0.2, 0.25) is 0 Å². The van der Waals surface area contributed by atoms with Gasteiger partial charge in [0.15, 0.2) is 5.78 Å². The first-order valence-corrected chi connectivity index (χ1v) is 10.9. The molecule has 3 rings (SSSR count). The number of Topliss-reactive ketones (excluding diaryl/α,β-unsaturated/α-hetero) is 1. The Morgan fingerprint density at radius 2 is 1.84 bits per heavy atom. The molecule has 1 aliphatic heterocycles. The summed E-state index contributed by atoms with van der Waals surface area (Å²) in [5.41, 5.74) is -2.83. The molecule has 8 nitrogen and oxygen atoms in total. The van der Waals surface area contributed by atoms with Crippen LogP contribution in [-0.4, -0.2) is 74.9 Å². The van der Waals surface area contributed by atoms with Crippen LogP contribution >= 0.6 is 0 Å². The number of hydrogen-bond donors (Lipinski definition) is 4. The van der Waals surface area contributed by atoms with Crippen molar-refractivity contribution in [1.82, 2.24) is 0 Å². The summed E-state index contributed by atoms with van der Waals surface area (Å²) < 4.78 is 11.3. The van der Waals surface area contributed by atoms with Crippen molar-refractivity contribution in [2.75, 3.05) is 6.61 Å². The molecule has 3 aliphatic rings. The van der Waals surface area contributed by atoms with Gasteiger partial charge in [0, 0.05) is 25.2 Å². The maximum absolute atomic E-state index is 13.2. The Kier molecular flexibility index (Phi) is 6.21. The van der Waals surface area contributed by atoms with Gasteiger partial charge in [-0.25, -0.2) is 0 Å². The van der Waals surface area contributed by atoms with E-state index < -0.39 is 70.5 Å². The van der Waals surface area contributed by atoms with Crippen molar-refractivity contribution in [2.45, 2.75) is 90.5 Å². The van der Waals surface area contributed by atoms with Gasteiger partial charge < -0.3 is 29.9 Å². The van der Waals surface area contributed by atoms with E-state index in [0.717, 1.165) is 5.57 Å². The number of aliphatic hydroxyl groups excluding tert-OH is 3. The molecule has 0 aromatic rings. The molecule has 2 aliphatic carbocycles. The van der Waals surface area contributed by atoms with Crippen molar-refractivity contribution >= 4 is 11.8 Å². The van der Waals surface area contributed by atoms with E-state index in [0.29, 0.717) is 0 Å². The molecule has 0 radical (unpaired) electrons. The zero-order valence-corrected chi connectivity index (χ0v) is 19.2. The lowest BCUT2D eigenvalue weighted by atomic mass is 9.49. The fraction of sp³-hybridized carbons (Fsp3) is 0.826. The second-order valence-corrected chi connectivity index (χ2v) is 10.5. The summed E-state index contributed by atoms with van der Waals surface area (Å²) >= 11 is 0. The van der Waals surface area contributed by atoms with Crippen molar-refractivity contribution in [3.05, 3.63) is 11.6 Å². The number of fused-ring (bicyclic) bond motifs is 1. The van der Waals surface area contributed by atoms with Crippen LogP contribution in [0.5, 0.6) is 0 Å². The number of aliphatic hydroxyl groups is 4. The van der Waals surface area contributed by atoms with Gasteiger partial charge in [-0.2, -0.15) is 0 Å². The predicted molar refractivity (Wildman–Crippen MR) is 111 cm³/mol.